The lowest BCUT2D eigenvalue weighted by atomic mass is 10.3. The average molecular weight is 391 g/mol. The fourth-order valence-electron chi connectivity index (χ4n) is 2.67. The van der Waals surface area contributed by atoms with Crippen molar-refractivity contribution in [3.05, 3.63) is 52.1 Å². The molecule has 6 nitrogen and oxygen atoms in total. The van der Waals surface area contributed by atoms with Crippen LogP contribution in [0.15, 0.2) is 30.6 Å². The second-order valence-electron chi connectivity index (χ2n) is 5.60. The first-order chi connectivity index (χ1) is 12.5. The van der Waals surface area contributed by atoms with Crippen LogP contribution in [0.5, 0.6) is 5.75 Å². The van der Waals surface area contributed by atoms with Gasteiger partial charge in [-0.1, -0.05) is 11.6 Å². The van der Waals surface area contributed by atoms with E-state index >= 15 is 0 Å². The predicted octanol–water partition coefficient (Wildman–Crippen LogP) is 4.31. The molecule has 1 amide bonds. The first kappa shape index (κ1) is 16.7. The van der Waals surface area contributed by atoms with Gasteiger partial charge in [0, 0.05) is 17.8 Å². The zero-order valence-corrected chi connectivity index (χ0v) is 15.3. The fourth-order valence-corrected chi connectivity index (χ4v) is 3.80. The number of hydrogen-bond acceptors (Lipinski definition) is 5. The van der Waals surface area contributed by atoms with Gasteiger partial charge in [-0.05, 0) is 25.1 Å². The minimum Gasteiger partial charge on any atom is -0.491 e. The van der Waals surface area contributed by atoms with E-state index in [0.29, 0.717) is 20.6 Å². The van der Waals surface area contributed by atoms with Gasteiger partial charge in [0.1, 0.15) is 15.7 Å². The number of anilines is 1. The summed E-state index contributed by atoms with van der Waals surface area (Å²) in [6.07, 6.45) is 3.23. The smallest absolute Gasteiger partial charge is 0.265 e. The molecule has 0 aromatic carbocycles. The van der Waals surface area contributed by atoms with Crippen molar-refractivity contribution in [2.45, 2.75) is 6.92 Å². The summed E-state index contributed by atoms with van der Waals surface area (Å²) in [6.45, 7) is 1.76. The first-order valence-corrected chi connectivity index (χ1v) is 8.75. The molecule has 4 rings (SSSR count). The van der Waals surface area contributed by atoms with Gasteiger partial charge in [-0.3, -0.25) is 4.79 Å². The zero-order valence-electron chi connectivity index (χ0n) is 13.7. The number of aromatic nitrogens is 3. The maximum atomic E-state index is 14.6. The summed E-state index contributed by atoms with van der Waals surface area (Å²) >= 11 is 7.08. The highest BCUT2D eigenvalue weighted by Gasteiger charge is 2.20. The van der Waals surface area contributed by atoms with Crippen molar-refractivity contribution in [3.63, 3.8) is 0 Å². The summed E-state index contributed by atoms with van der Waals surface area (Å²) in [6, 6.07) is 5.16. The Bertz CT molecular complexity index is 1170. The molecule has 0 atom stereocenters. The van der Waals surface area contributed by atoms with Crippen molar-refractivity contribution in [2.24, 2.45) is 0 Å². The number of pyridine rings is 2. The number of carbonyl (C=O) groups excluding carboxylic acids is 1. The summed E-state index contributed by atoms with van der Waals surface area (Å²) in [7, 11) is 1.34. The van der Waals surface area contributed by atoms with Gasteiger partial charge in [-0.25, -0.2) is 9.97 Å². The van der Waals surface area contributed by atoms with E-state index in [0.717, 1.165) is 5.39 Å². The number of amides is 1. The molecule has 0 spiro atoms. The van der Waals surface area contributed by atoms with Crippen molar-refractivity contribution in [1.29, 1.82) is 0 Å². The molecule has 0 aliphatic rings. The highest BCUT2D eigenvalue weighted by Crippen LogP contribution is 2.32. The van der Waals surface area contributed by atoms with Crippen LogP contribution in [0, 0.1) is 12.7 Å². The highest BCUT2D eigenvalue weighted by molar-refractivity contribution is 7.20. The lowest BCUT2D eigenvalue weighted by Gasteiger charge is -2.11. The standard InChI is InChI=1S/C17H12ClFN4O2S/c1-8-6-23-7-10(14(25-2)13(19)15(23)20-8)21-16(24)11-5-9-3-4-12(18)22-17(9)26-11/h3-7H,1-2H3,(H,21,24). The molecule has 4 aromatic rings. The third kappa shape index (κ3) is 2.77. The maximum Gasteiger partial charge on any atom is 0.265 e. The van der Waals surface area contributed by atoms with E-state index in [4.69, 9.17) is 16.3 Å². The molecule has 9 heteroatoms. The van der Waals surface area contributed by atoms with Crippen molar-refractivity contribution in [1.82, 2.24) is 14.4 Å². The molecule has 0 aliphatic heterocycles. The minimum atomic E-state index is -0.636. The second-order valence-corrected chi connectivity index (χ2v) is 7.01. The number of aryl methyl sites for hydroxylation is 1. The number of thiophene rings is 1. The Kier molecular flexibility index (Phi) is 4.01. The van der Waals surface area contributed by atoms with Crippen LogP contribution in [0.2, 0.25) is 5.15 Å². The number of nitrogens with one attached hydrogen (secondary N) is 1. The number of rotatable bonds is 3. The molecule has 26 heavy (non-hydrogen) atoms. The van der Waals surface area contributed by atoms with E-state index in [9.17, 15) is 9.18 Å². The summed E-state index contributed by atoms with van der Waals surface area (Å²) in [5.41, 5.74) is 1.00. The summed E-state index contributed by atoms with van der Waals surface area (Å²) in [4.78, 5) is 22.0. The average Bonchev–Trinajstić information content (AvgIpc) is 3.17. The normalized spacial score (nSPS) is 11.2. The molecule has 0 radical (unpaired) electrons. The molecule has 1 N–H and O–H groups in total. The van der Waals surface area contributed by atoms with E-state index in [1.165, 1.54) is 22.8 Å². The van der Waals surface area contributed by atoms with Crippen molar-refractivity contribution in [2.75, 3.05) is 12.4 Å². The molecular weight excluding hydrogens is 379 g/mol. The molecule has 0 saturated heterocycles. The summed E-state index contributed by atoms with van der Waals surface area (Å²) in [5, 5.41) is 3.86. The molecule has 0 bridgehead atoms. The number of halogens is 2. The van der Waals surface area contributed by atoms with Crippen LogP contribution in [0.4, 0.5) is 10.1 Å². The number of imidazole rings is 1. The number of ether oxygens (including phenoxy) is 1. The van der Waals surface area contributed by atoms with E-state index in [2.05, 4.69) is 15.3 Å². The number of nitrogens with zero attached hydrogens (tertiary/aromatic N) is 3. The van der Waals surface area contributed by atoms with Crippen LogP contribution in [0.25, 0.3) is 15.9 Å². The highest BCUT2D eigenvalue weighted by atomic mass is 35.5. The monoisotopic (exact) mass is 390 g/mol. The van der Waals surface area contributed by atoms with Gasteiger partial charge in [0.05, 0.1) is 17.7 Å². The van der Waals surface area contributed by atoms with E-state index < -0.39 is 11.7 Å². The van der Waals surface area contributed by atoms with E-state index in [1.54, 1.807) is 37.5 Å². The third-order valence-electron chi connectivity index (χ3n) is 3.79. The van der Waals surface area contributed by atoms with Crippen molar-refractivity contribution in [3.8, 4) is 5.75 Å². The molecule has 0 aliphatic carbocycles. The largest absolute Gasteiger partial charge is 0.491 e. The van der Waals surface area contributed by atoms with Crippen LogP contribution in [-0.4, -0.2) is 27.4 Å². The third-order valence-corrected chi connectivity index (χ3v) is 5.04. The van der Waals surface area contributed by atoms with Crippen LogP contribution in [0.3, 0.4) is 0 Å². The van der Waals surface area contributed by atoms with Crippen molar-refractivity contribution < 1.29 is 13.9 Å². The summed E-state index contributed by atoms with van der Waals surface area (Å²) < 4.78 is 21.3. The Morgan fingerprint density at radius 3 is 2.92 bits per heavy atom. The van der Waals surface area contributed by atoms with Crippen LogP contribution >= 0.6 is 22.9 Å². The number of carbonyl (C=O) groups is 1. The lowest BCUT2D eigenvalue weighted by molar-refractivity contribution is 0.103. The van der Waals surface area contributed by atoms with Gasteiger partial charge in [0.2, 0.25) is 5.82 Å². The number of methoxy groups -OCH3 is 1. The van der Waals surface area contributed by atoms with Crippen LogP contribution < -0.4 is 10.1 Å². The second kappa shape index (κ2) is 6.22. The van der Waals surface area contributed by atoms with Gasteiger partial charge < -0.3 is 14.5 Å². The minimum absolute atomic E-state index is 0.0706. The van der Waals surface area contributed by atoms with Crippen LogP contribution in [-0.2, 0) is 0 Å². The molecule has 132 valence electrons. The van der Waals surface area contributed by atoms with E-state index in [1.807, 2.05) is 0 Å². The van der Waals surface area contributed by atoms with Gasteiger partial charge in [0.25, 0.3) is 5.91 Å². The Morgan fingerprint density at radius 2 is 2.15 bits per heavy atom. The van der Waals surface area contributed by atoms with Crippen LogP contribution in [0.1, 0.15) is 15.4 Å². The predicted molar refractivity (Wildman–Crippen MR) is 99.0 cm³/mol. The SMILES string of the molecule is COc1c(NC(=O)c2cc3ccc(Cl)nc3s2)cn2cc(C)nc2c1F. The van der Waals surface area contributed by atoms with Gasteiger partial charge in [0.15, 0.2) is 11.4 Å². The molecule has 0 unspecified atom stereocenters. The van der Waals surface area contributed by atoms with Crippen molar-refractivity contribution >= 4 is 50.4 Å². The first-order valence-electron chi connectivity index (χ1n) is 7.55. The maximum absolute atomic E-state index is 14.6. The Balaban J connectivity index is 1.74. The van der Waals surface area contributed by atoms with Gasteiger partial charge >= 0.3 is 0 Å². The topological polar surface area (TPSA) is 68.5 Å². The number of hydrogen-bond donors (Lipinski definition) is 1. The van der Waals surface area contributed by atoms with Gasteiger partial charge in [-0.2, -0.15) is 4.39 Å². The van der Waals surface area contributed by atoms with E-state index in [-0.39, 0.29) is 17.1 Å². The summed E-state index contributed by atoms with van der Waals surface area (Å²) in [5.74, 6) is -1.10. The molecule has 4 heterocycles. The number of fused-ring (bicyclic) bond motifs is 2. The Morgan fingerprint density at radius 1 is 1.35 bits per heavy atom. The van der Waals surface area contributed by atoms with Gasteiger partial charge in [-0.15, -0.1) is 11.3 Å². The molecule has 0 saturated carbocycles. The zero-order chi connectivity index (χ0) is 18.4. The lowest BCUT2D eigenvalue weighted by Crippen LogP contribution is -2.12. The quantitative estimate of drug-likeness (QED) is 0.529. The fraction of sp³-hybridized carbons (Fsp3) is 0.118. The molecular formula is C17H12ClFN4O2S. The molecule has 4 aromatic heterocycles. The Hall–Kier alpha value is -2.71. The molecule has 0 fully saturated rings. The Labute approximate surface area is 156 Å².